The van der Waals surface area contributed by atoms with Crippen molar-refractivity contribution in [1.29, 1.82) is 0 Å². The van der Waals surface area contributed by atoms with Crippen molar-refractivity contribution in [3.63, 3.8) is 0 Å². The largest absolute Gasteiger partial charge is 0.345 e. The lowest BCUT2D eigenvalue weighted by molar-refractivity contribution is -0.116. The molecule has 0 spiro atoms. The Bertz CT molecular complexity index is 677. The zero-order valence-corrected chi connectivity index (χ0v) is 15.0. The highest BCUT2D eigenvalue weighted by Crippen LogP contribution is 2.20. The van der Waals surface area contributed by atoms with Crippen LogP contribution in [0.1, 0.15) is 19.8 Å². The minimum absolute atomic E-state index is 0.0720. The predicted molar refractivity (Wildman–Crippen MR) is 100 cm³/mol. The fourth-order valence-electron chi connectivity index (χ4n) is 3.19. The molecule has 0 saturated carbocycles. The molecule has 2 aromatic rings. The molecule has 1 fully saturated rings. The van der Waals surface area contributed by atoms with Gasteiger partial charge in [0.25, 0.3) is 0 Å². The maximum absolute atomic E-state index is 12.3. The molecular weight excluding hydrogens is 314 g/mol. The van der Waals surface area contributed by atoms with Crippen LogP contribution >= 0.6 is 0 Å². The third kappa shape index (κ3) is 4.90. The number of rotatable bonds is 6. The summed E-state index contributed by atoms with van der Waals surface area (Å²) >= 11 is 0. The Morgan fingerprint density at radius 1 is 1.32 bits per heavy atom. The molecule has 1 saturated heterocycles. The number of carbonyl (C=O) groups excluding carboxylic acids is 1. The monoisotopic (exact) mass is 341 g/mol. The average molecular weight is 341 g/mol. The van der Waals surface area contributed by atoms with Crippen molar-refractivity contribution >= 4 is 11.6 Å². The summed E-state index contributed by atoms with van der Waals surface area (Å²) in [7, 11) is 2.16. The lowest BCUT2D eigenvalue weighted by atomic mass is 10.1. The van der Waals surface area contributed by atoms with Crippen molar-refractivity contribution in [3.8, 4) is 11.3 Å². The van der Waals surface area contributed by atoms with Crippen LogP contribution < -0.4 is 5.32 Å². The number of amides is 1. The van der Waals surface area contributed by atoms with Gasteiger partial charge in [0.05, 0.1) is 18.2 Å². The topological polar surface area (TPSA) is 64.3 Å². The second kappa shape index (κ2) is 8.27. The molecule has 0 bridgehead atoms. The second-order valence-corrected chi connectivity index (χ2v) is 6.82. The number of aromatic amines is 1. The van der Waals surface area contributed by atoms with Gasteiger partial charge in [0, 0.05) is 49.9 Å². The Morgan fingerprint density at radius 3 is 2.84 bits per heavy atom. The standard InChI is InChI=1S/C19H27N5O/c1-15(24-10-8-23(2)9-11-24)6-7-19(25)22-17-5-3-4-16(12-17)18-13-20-14-21-18/h3-5,12-15H,6-11H2,1-2H3,(H,20,21)(H,22,25). The molecule has 1 aromatic carbocycles. The number of H-pyrrole nitrogens is 1. The normalized spacial score (nSPS) is 17.4. The number of benzene rings is 1. The SMILES string of the molecule is CC(CCC(=O)Nc1cccc(-c2cnc[nH]2)c1)N1CCN(C)CC1. The molecule has 1 aromatic heterocycles. The summed E-state index contributed by atoms with van der Waals surface area (Å²) in [5.41, 5.74) is 2.78. The van der Waals surface area contributed by atoms with Crippen LogP contribution in [0.5, 0.6) is 0 Å². The van der Waals surface area contributed by atoms with Crippen LogP contribution in [0, 0.1) is 0 Å². The van der Waals surface area contributed by atoms with Gasteiger partial charge >= 0.3 is 0 Å². The van der Waals surface area contributed by atoms with E-state index in [1.165, 1.54) is 0 Å². The van der Waals surface area contributed by atoms with Gasteiger partial charge in [0.1, 0.15) is 0 Å². The molecule has 1 aliphatic rings. The van der Waals surface area contributed by atoms with E-state index in [2.05, 4.69) is 39.1 Å². The van der Waals surface area contributed by atoms with Crippen LogP contribution in [0.3, 0.4) is 0 Å². The van der Waals surface area contributed by atoms with Gasteiger partial charge in [-0.3, -0.25) is 9.69 Å². The van der Waals surface area contributed by atoms with Crippen molar-refractivity contribution in [2.75, 3.05) is 38.5 Å². The minimum atomic E-state index is 0.0720. The number of hydrogen-bond donors (Lipinski definition) is 2. The van der Waals surface area contributed by atoms with Crippen LogP contribution in [0.4, 0.5) is 5.69 Å². The van der Waals surface area contributed by atoms with Crippen molar-refractivity contribution in [2.24, 2.45) is 0 Å². The summed E-state index contributed by atoms with van der Waals surface area (Å²) in [6, 6.07) is 8.27. The second-order valence-electron chi connectivity index (χ2n) is 6.82. The van der Waals surface area contributed by atoms with Gasteiger partial charge in [-0.1, -0.05) is 12.1 Å². The van der Waals surface area contributed by atoms with Crippen LogP contribution in [-0.4, -0.2) is 64.9 Å². The van der Waals surface area contributed by atoms with Gasteiger partial charge in [0.15, 0.2) is 0 Å². The van der Waals surface area contributed by atoms with Crippen molar-refractivity contribution in [3.05, 3.63) is 36.8 Å². The summed E-state index contributed by atoms with van der Waals surface area (Å²) in [6.45, 7) is 6.61. The van der Waals surface area contributed by atoms with Crippen LogP contribution in [0.2, 0.25) is 0 Å². The molecular formula is C19H27N5O. The molecule has 0 aliphatic carbocycles. The van der Waals surface area contributed by atoms with E-state index >= 15 is 0 Å². The maximum atomic E-state index is 12.3. The van der Waals surface area contributed by atoms with E-state index in [0.29, 0.717) is 12.5 Å². The molecule has 1 atom stereocenters. The van der Waals surface area contributed by atoms with E-state index in [0.717, 1.165) is 49.5 Å². The number of piperazine rings is 1. The fourth-order valence-corrected chi connectivity index (χ4v) is 3.19. The average Bonchev–Trinajstić information content (AvgIpc) is 3.15. The highest BCUT2D eigenvalue weighted by Gasteiger charge is 2.19. The lowest BCUT2D eigenvalue weighted by Crippen LogP contribution is -2.48. The Kier molecular flexibility index (Phi) is 5.83. The first-order valence-electron chi connectivity index (χ1n) is 8.93. The number of imidazole rings is 1. The molecule has 25 heavy (non-hydrogen) atoms. The van der Waals surface area contributed by atoms with E-state index in [4.69, 9.17) is 0 Å². The first kappa shape index (κ1) is 17.6. The number of aromatic nitrogens is 2. The van der Waals surface area contributed by atoms with Crippen molar-refractivity contribution < 1.29 is 4.79 Å². The lowest BCUT2D eigenvalue weighted by Gasteiger charge is -2.36. The summed E-state index contributed by atoms with van der Waals surface area (Å²) in [5, 5.41) is 3.01. The van der Waals surface area contributed by atoms with Gasteiger partial charge in [-0.15, -0.1) is 0 Å². The van der Waals surface area contributed by atoms with Crippen LogP contribution in [0.25, 0.3) is 11.3 Å². The Balaban J connectivity index is 1.48. The molecule has 2 heterocycles. The Labute approximate surface area is 149 Å². The van der Waals surface area contributed by atoms with Crippen molar-refractivity contribution in [2.45, 2.75) is 25.8 Å². The van der Waals surface area contributed by atoms with Gasteiger partial charge in [0.2, 0.25) is 5.91 Å². The van der Waals surface area contributed by atoms with Gasteiger partial charge in [-0.05, 0) is 32.5 Å². The minimum Gasteiger partial charge on any atom is -0.345 e. The molecule has 3 rings (SSSR count). The molecule has 1 amide bonds. The highest BCUT2D eigenvalue weighted by molar-refractivity contribution is 5.91. The number of nitrogens with zero attached hydrogens (tertiary/aromatic N) is 3. The van der Waals surface area contributed by atoms with Crippen molar-refractivity contribution in [1.82, 2.24) is 19.8 Å². The first-order chi connectivity index (χ1) is 12.1. The van der Waals surface area contributed by atoms with E-state index in [1.54, 1.807) is 12.5 Å². The van der Waals surface area contributed by atoms with E-state index < -0.39 is 0 Å². The number of nitrogens with one attached hydrogen (secondary N) is 2. The van der Waals surface area contributed by atoms with E-state index in [-0.39, 0.29) is 5.91 Å². The zero-order valence-electron chi connectivity index (χ0n) is 15.0. The smallest absolute Gasteiger partial charge is 0.224 e. The summed E-state index contributed by atoms with van der Waals surface area (Å²) in [6.07, 6.45) is 4.86. The summed E-state index contributed by atoms with van der Waals surface area (Å²) < 4.78 is 0. The molecule has 1 aliphatic heterocycles. The Hall–Kier alpha value is -2.18. The summed E-state index contributed by atoms with van der Waals surface area (Å²) in [5.74, 6) is 0.0720. The van der Waals surface area contributed by atoms with Gasteiger partial charge in [-0.25, -0.2) is 4.98 Å². The summed E-state index contributed by atoms with van der Waals surface area (Å²) in [4.78, 5) is 24.2. The molecule has 2 N–H and O–H groups in total. The Morgan fingerprint density at radius 2 is 2.12 bits per heavy atom. The molecule has 0 radical (unpaired) electrons. The number of hydrogen-bond acceptors (Lipinski definition) is 4. The quantitative estimate of drug-likeness (QED) is 0.847. The first-order valence-corrected chi connectivity index (χ1v) is 8.93. The third-order valence-electron chi connectivity index (χ3n) is 4.91. The zero-order chi connectivity index (χ0) is 17.6. The molecule has 134 valence electrons. The molecule has 6 heteroatoms. The highest BCUT2D eigenvalue weighted by atomic mass is 16.1. The molecule has 6 nitrogen and oxygen atoms in total. The van der Waals surface area contributed by atoms with Crippen LogP contribution in [-0.2, 0) is 4.79 Å². The molecule has 1 unspecified atom stereocenters. The van der Waals surface area contributed by atoms with Crippen LogP contribution in [0.15, 0.2) is 36.8 Å². The van der Waals surface area contributed by atoms with Gasteiger partial charge < -0.3 is 15.2 Å². The number of likely N-dealkylation sites (N-methyl/N-ethyl adjacent to an activating group) is 1. The maximum Gasteiger partial charge on any atom is 0.224 e. The van der Waals surface area contributed by atoms with E-state index in [1.807, 2.05) is 24.3 Å². The number of anilines is 1. The van der Waals surface area contributed by atoms with Gasteiger partial charge in [-0.2, -0.15) is 0 Å². The van der Waals surface area contributed by atoms with E-state index in [9.17, 15) is 4.79 Å². The fraction of sp³-hybridized carbons (Fsp3) is 0.474. The number of carbonyl (C=O) groups is 1. The third-order valence-corrected chi connectivity index (χ3v) is 4.91. The predicted octanol–water partition coefficient (Wildman–Crippen LogP) is 2.43.